The van der Waals surface area contributed by atoms with Crippen molar-refractivity contribution in [2.75, 3.05) is 12.3 Å². The van der Waals surface area contributed by atoms with Crippen LogP contribution in [0.3, 0.4) is 0 Å². The van der Waals surface area contributed by atoms with E-state index in [0.717, 1.165) is 18.6 Å². The van der Waals surface area contributed by atoms with Gasteiger partial charge in [-0.25, -0.2) is 0 Å². The molecule has 0 spiro atoms. The van der Waals surface area contributed by atoms with Crippen molar-refractivity contribution in [3.63, 3.8) is 0 Å². The van der Waals surface area contributed by atoms with Crippen LogP contribution in [-0.2, 0) is 14.4 Å². The van der Waals surface area contributed by atoms with Gasteiger partial charge in [-0.15, -0.1) is 0 Å². The third-order valence-corrected chi connectivity index (χ3v) is 5.56. The number of rotatable bonds is 3. The summed E-state index contributed by atoms with van der Waals surface area (Å²) in [5.41, 5.74) is 0. The number of hydrogen-bond donors (Lipinski definition) is 1. The zero-order valence-corrected chi connectivity index (χ0v) is 12.3. The lowest BCUT2D eigenvalue weighted by molar-refractivity contribution is -0.130. The second-order valence-corrected chi connectivity index (χ2v) is 7.00. The summed E-state index contributed by atoms with van der Waals surface area (Å²) >= 11 is 1.28. The van der Waals surface area contributed by atoms with Gasteiger partial charge in [-0.1, -0.05) is 24.6 Å². The van der Waals surface area contributed by atoms with Crippen molar-refractivity contribution in [1.29, 1.82) is 0 Å². The van der Waals surface area contributed by atoms with Crippen LogP contribution in [0.2, 0.25) is 0 Å². The van der Waals surface area contributed by atoms with Gasteiger partial charge in [-0.2, -0.15) is 0 Å². The molecule has 0 aromatic carbocycles. The molecule has 110 valence electrons. The van der Waals surface area contributed by atoms with Crippen LogP contribution in [-0.4, -0.2) is 46.2 Å². The number of carbonyl (C=O) groups excluding carboxylic acids is 3. The number of hydrogen-bond acceptors (Lipinski definition) is 4. The first-order valence-electron chi connectivity index (χ1n) is 7.41. The molecule has 5 nitrogen and oxygen atoms in total. The predicted molar refractivity (Wildman–Crippen MR) is 76.1 cm³/mol. The summed E-state index contributed by atoms with van der Waals surface area (Å²) in [6, 6.07) is -0.00731. The molecular formula is C14H20N2O3S. The summed E-state index contributed by atoms with van der Waals surface area (Å²) in [6.45, 7) is 0.531. The van der Waals surface area contributed by atoms with Crippen LogP contribution in [0.1, 0.15) is 38.5 Å². The molecule has 2 aliphatic heterocycles. The molecule has 2 heterocycles. The third kappa shape index (κ3) is 2.71. The highest BCUT2D eigenvalue weighted by atomic mass is 32.2. The van der Waals surface area contributed by atoms with Crippen LogP contribution in [0.25, 0.3) is 0 Å². The first-order chi connectivity index (χ1) is 9.65. The van der Waals surface area contributed by atoms with E-state index in [2.05, 4.69) is 5.32 Å². The molecule has 1 N–H and O–H groups in total. The molecule has 3 fully saturated rings. The van der Waals surface area contributed by atoms with Gasteiger partial charge in [0.25, 0.3) is 0 Å². The van der Waals surface area contributed by atoms with Crippen LogP contribution in [0.15, 0.2) is 0 Å². The Morgan fingerprint density at radius 1 is 1.20 bits per heavy atom. The number of likely N-dealkylation sites (tertiary alicyclic amines) is 1. The lowest BCUT2D eigenvalue weighted by Gasteiger charge is -2.24. The maximum absolute atomic E-state index is 12.2. The quantitative estimate of drug-likeness (QED) is 0.841. The van der Waals surface area contributed by atoms with E-state index in [-0.39, 0.29) is 28.9 Å². The van der Waals surface area contributed by atoms with Crippen LogP contribution in [0.5, 0.6) is 0 Å². The molecule has 1 saturated carbocycles. The molecule has 0 aromatic heterocycles. The molecule has 2 atom stereocenters. The fourth-order valence-electron chi connectivity index (χ4n) is 3.39. The summed E-state index contributed by atoms with van der Waals surface area (Å²) in [5.74, 6) is 0.479. The van der Waals surface area contributed by atoms with E-state index in [1.54, 1.807) is 0 Å². The average molecular weight is 296 g/mol. The van der Waals surface area contributed by atoms with E-state index in [1.807, 2.05) is 4.90 Å². The Bertz CT molecular complexity index is 434. The van der Waals surface area contributed by atoms with Crippen LogP contribution < -0.4 is 5.32 Å². The van der Waals surface area contributed by atoms with Crippen LogP contribution >= 0.6 is 11.8 Å². The molecule has 2 saturated heterocycles. The molecule has 6 heteroatoms. The summed E-state index contributed by atoms with van der Waals surface area (Å²) < 4.78 is 0. The van der Waals surface area contributed by atoms with Gasteiger partial charge >= 0.3 is 0 Å². The van der Waals surface area contributed by atoms with Crippen molar-refractivity contribution in [1.82, 2.24) is 10.2 Å². The Morgan fingerprint density at radius 3 is 2.60 bits per heavy atom. The van der Waals surface area contributed by atoms with E-state index in [0.29, 0.717) is 25.4 Å². The Balaban J connectivity index is 1.56. The summed E-state index contributed by atoms with van der Waals surface area (Å²) in [5, 5.41) is 2.87. The Morgan fingerprint density at radius 2 is 1.95 bits per heavy atom. The van der Waals surface area contributed by atoms with Crippen molar-refractivity contribution in [3.8, 4) is 0 Å². The van der Waals surface area contributed by atoms with Gasteiger partial charge in [0.1, 0.15) is 0 Å². The molecule has 20 heavy (non-hydrogen) atoms. The van der Waals surface area contributed by atoms with E-state index in [1.165, 1.54) is 24.6 Å². The Labute approximate surface area is 122 Å². The summed E-state index contributed by atoms with van der Waals surface area (Å²) in [7, 11) is 0. The minimum Gasteiger partial charge on any atom is -0.345 e. The Kier molecular flexibility index (Phi) is 4.01. The number of thioether (sulfide) groups is 1. The molecule has 3 rings (SSSR count). The zero-order valence-electron chi connectivity index (χ0n) is 11.5. The van der Waals surface area contributed by atoms with E-state index in [9.17, 15) is 14.4 Å². The van der Waals surface area contributed by atoms with E-state index < -0.39 is 0 Å². The molecule has 0 radical (unpaired) electrons. The van der Waals surface area contributed by atoms with Gasteiger partial charge in [0.2, 0.25) is 16.9 Å². The highest BCUT2D eigenvalue weighted by Crippen LogP contribution is 2.30. The van der Waals surface area contributed by atoms with Gasteiger partial charge in [0.15, 0.2) is 0 Å². The van der Waals surface area contributed by atoms with Crippen molar-refractivity contribution in [3.05, 3.63) is 0 Å². The maximum Gasteiger partial charge on any atom is 0.226 e. The van der Waals surface area contributed by atoms with Crippen LogP contribution in [0.4, 0.5) is 0 Å². The van der Waals surface area contributed by atoms with Crippen molar-refractivity contribution in [2.24, 2.45) is 5.92 Å². The van der Waals surface area contributed by atoms with E-state index in [4.69, 9.17) is 0 Å². The smallest absolute Gasteiger partial charge is 0.226 e. The van der Waals surface area contributed by atoms with Gasteiger partial charge in [-0.3, -0.25) is 14.4 Å². The molecule has 1 aliphatic carbocycles. The molecule has 3 aliphatic rings. The minimum absolute atomic E-state index is 0.0512. The predicted octanol–water partition coefficient (Wildman–Crippen LogP) is 0.926. The van der Waals surface area contributed by atoms with Crippen molar-refractivity contribution >= 4 is 28.7 Å². The van der Waals surface area contributed by atoms with Gasteiger partial charge in [-0.05, 0) is 19.3 Å². The topological polar surface area (TPSA) is 66.5 Å². The minimum atomic E-state index is -0.344. The Hall–Kier alpha value is -1.04. The lowest BCUT2D eigenvalue weighted by Crippen LogP contribution is -2.42. The largest absolute Gasteiger partial charge is 0.345 e. The van der Waals surface area contributed by atoms with Gasteiger partial charge < -0.3 is 10.2 Å². The van der Waals surface area contributed by atoms with E-state index >= 15 is 0 Å². The maximum atomic E-state index is 12.2. The summed E-state index contributed by atoms with van der Waals surface area (Å²) in [4.78, 5) is 37.7. The lowest BCUT2D eigenvalue weighted by atomic mass is 10.1. The molecule has 0 bridgehead atoms. The standard InChI is InChI=1S/C14H20N2O3S/c17-12-7-9(8-16(12)10-3-1-2-4-10)13(18)15-11-5-6-20-14(11)19/h9-11H,1-8H2,(H,15,18). The fourth-order valence-corrected chi connectivity index (χ4v) is 4.33. The second kappa shape index (κ2) is 5.76. The monoisotopic (exact) mass is 296 g/mol. The highest BCUT2D eigenvalue weighted by molar-refractivity contribution is 8.14. The summed E-state index contributed by atoms with van der Waals surface area (Å²) in [6.07, 6.45) is 5.51. The van der Waals surface area contributed by atoms with Gasteiger partial charge in [0, 0.05) is 24.8 Å². The van der Waals surface area contributed by atoms with Crippen molar-refractivity contribution in [2.45, 2.75) is 50.6 Å². The first kappa shape index (κ1) is 13.9. The molecule has 2 unspecified atom stereocenters. The number of nitrogens with zero attached hydrogens (tertiary/aromatic N) is 1. The molecule has 0 aromatic rings. The fraction of sp³-hybridized carbons (Fsp3) is 0.786. The number of amides is 2. The highest BCUT2D eigenvalue weighted by Gasteiger charge is 2.39. The van der Waals surface area contributed by atoms with Crippen LogP contribution in [0, 0.1) is 5.92 Å². The third-order valence-electron chi connectivity index (χ3n) is 4.55. The number of carbonyl (C=O) groups is 3. The average Bonchev–Trinajstić information content (AvgIpc) is 3.11. The molecular weight excluding hydrogens is 276 g/mol. The number of nitrogens with one attached hydrogen (secondary N) is 1. The SMILES string of the molecule is O=C(NC1CCSC1=O)C1CC(=O)N(C2CCCC2)C1. The first-order valence-corrected chi connectivity index (χ1v) is 8.40. The normalized spacial score (nSPS) is 31.3. The zero-order chi connectivity index (χ0) is 14.1. The second-order valence-electron chi connectivity index (χ2n) is 5.90. The van der Waals surface area contributed by atoms with Crippen molar-refractivity contribution < 1.29 is 14.4 Å². The molecule has 2 amide bonds. The van der Waals surface area contributed by atoms with Gasteiger partial charge in [0.05, 0.1) is 12.0 Å².